The number of anilines is 2. The van der Waals surface area contributed by atoms with Gasteiger partial charge in [0.25, 0.3) is 5.91 Å². The molecule has 0 aromatic heterocycles. The third-order valence-electron chi connectivity index (χ3n) is 3.01. The monoisotopic (exact) mass is 474 g/mol. The zero-order valence-corrected chi connectivity index (χ0v) is 16.2. The maximum Gasteiger partial charge on any atom is 0.255 e. The summed E-state index contributed by atoms with van der Waals surface area (Å²) in [6.45, 7) is 1.92. The number of halogens is 3. The van der Waals surface area contributed by atoms with E-state index < -0.39 is 0 Å². The van der Waals surface area contributed by atoms with E-state index >= 15 is 0 Å². The lowest BCUT2D eigenvalue weighted by molar-refractivity contribution is 0.102. The number of aryl methyl sites for hydroxylation is 1. The van der Waals surface area contributed by atoms with Gasteiger partial charge < -0.3 is 10.6 Å². The molecule has 21 heavy (non-hydrogen) atoms. The quantitative estimate of drug-likeness (QED) is 0.607. The van der Waals surface area contributed by atoms with Crippen LogP contribution >= 0.6 is 47.8 Å². The lowest BCUT2D eigenvalue weighted by Gasteiger charge is -2.12. The van der Waals surface area contributed by atoms with Gasteiger partial charge in [-0.15, -0.1) is 0 Å². The zero-order chi connectivity index (χ0) is 15.6. The summed E-state index contributed by atoms with van der Waals surface area (Å²) in [4.78, 5) is 12.4. The van der Waals surface area contributed by atoms with E-state index in [0.29, 0.717) is 11.3 Å². The van der Waals surface area contributed by atoms with E-state index in [1.165, 1.54) is 0 Å². The Morgan fingerprint density at radius 1 is 1.05 bits per heavy atom. The van der Waals surface area contributed by atoms with Gasteiger partial charge in [0.05, 0.1) is 5.69 Å². The summed E-state index contributed by atoms with van der Waals surface area (Å²) < 4.78 is 2.54. The molecule has 0 saturated heterocycles. The third kappa shape index (κ3) is 3.87. The van der Waals surface area contributed by atoms with E-state index in [1.54, 1.807) is 0 Å². The van der Waals surface area contributed by atoms with Gasteiger partial charge in [-0.05, 0) is 74.7 Å². The van der Waals surface area contributed by atoms with Gasteiger partial charge in [-0.3, -0.25) is 4.79 Å². The molecule has 1 amide bonds. The maximum absolute atomic E-state index is 12.4. The zero-order valence-electron chi connectivity index (χ0n) is 11.4. The molecule has 2 N–H and O–H groups in total. The van der Waals surface area contributed by atoms with Crippen LogP contribution in [-0.2, 0) is 0 Å². The van der Waals surface area contributed by atoms with E-state index in [2.05, 4.69) is 58.4 Å². The predicted octanol–water partition coefficient (Wildman–Crippen LogP) is 5.58. The molecule has 0 aliphatic rings. The molecule has 6 heteroatoms. The highest BCUT2D eigenvalue weighted by Gasteiger charge is 2.14. The van der Waals surface area contributed by atoms with Gasteiger partial charge in [0.15, 0.2) is 0 Å². The van der Waals surface area contributed by atoms with Crippen LogP contribution in [0.25, 0.3) is 0 Å². The van der Waals surface area contributed by atoms with Gasteiger partial charge in [-0.2, -0.15) is 0 Å². The summed E-state index contributed by atoms with van der Waals surface area (Å²) in [5.41, 5.74) is 3.26. The number of carbonyl (C=O) groups is 1. The van der Waals surface area contributed by atoms with Crippen LogP contribution in [0.2, 0.25) is 0 Å². The minimum Gasteiger partial charge on any atom is -0.388 e. The molecule has 0 unspecified atom stereocenters. The summed E-state index contributed by atoms with van der Waals surface area (Å²) >= 11 is 10.3. The van der Waals surface area contributed by atoms with Gasteiger partial charge >= 0.3 is 0 Å². The Hall–Kier alpha value is -0.850. The van der Waals surface area contributed by atoms with Crippen molar-refractivity contribution >= 4 is 65.1 Å². The summed E-state index contributed by atoms with van der Waals surface area (Å²) in [7, 11) is 1.85. The van der Waals surface area contributed by atoms with Crippen LogP contribution in [0.4, 0.5) is 11.4 Å². The fourth-order valence-electron chi connectivity index (χ4n) is 1.92. The van der Waals surface area contributed by atoms with E-state index in [-0.39, 0.29) is 5.91 Å². The molecule has 110 valence electrons. The number of hydrogen-bond acceptors (Lipinski definition) is 2. The molecule has 0 aliphatic heterocycles. The first-order chi connectivity index (χ1) is 9.92. The van der Waals surface area contributed by atoms with Crippen LogP contribution in [0.15, 0.2) is 43.7 Å². The van der Waals surface area contributed by atoms with Crippen molar-refractivity contribution in [3.8, 4) is 0 Å². The molecule has 0 fully saturated rings. The molecule has 0 spiro atoms. The Morgan fingerprint density at radius 2 is 1.67 bits per heavy atom. The average Bonchev–Trinajstić information content (AvgIpc) is 2.42. The number of hydrogen-bond donors (Lipinski definition) is 2. The van der Waals surface area contributed by atoms with Crippen molar-refractivity contribution in [2.45, 2.75) is 6.92 Å². The second kappa shape index (κ2) is 6.94. The second-order valence-corrected chi connectivity index (χ2v) is 7.10. The molecule has 3 nitrogen and oxygen atoms in total. The van der Waals surface area contributed by atoms with Crippen LogP contribution in [0, 0.1) is 6.92 Å². The standard InChI is InChI=1S/C15H13Br3N2O/c1-8-5-10(19-2)3-4-11(8)15(21)20-14-12(17)6-9(16)7-13(14)18/h3-7,19H,1-2H3,(H,20,21). The van der Waals surface area contributed by atoms with Crippen LogP contribution in [-0.4, -0.2) is 13.0 Å². The largest absolute Gasteiger partial charge is 0.388 e. The Kier molecular flexibility index (Phi) is 5.46. The summed E-state index contributed by atoms with van der Waals surface area (Å²) in [6.07, 6.45) is 0. The molecule has 0 aliphatic carbocycles. The molecule has 2 aromatic rings. The topological polar surface area (TPSA) is 41.1 Å². The van der Waals surface area contributed by atoms with Crippen LogP contribution in [0.5, 0.6) is 0 Å². The van der Waals surface area contributed by atoms with Gasteiger partial charge in [0.1, 0.15) is 0 Å². The molecule has 2 rings (SSSR count). The molecule has 0 radical (unpaired) electrons. The minimum absolute atomic E-state index is 0.140. The second-order valence-electron chi connectivity index (χ2n) is 4.48. The molecular formula is C15H13Br3N2O. The molecule has 0 saturated carbocycles. The Bertz CT molecular complexity index is 678. The Balaban J connectivity index is 2.30. The third-order valence-corrected chi connectivity index (χ3v) is 4.71. The predicted molar refractivity (Wildman–Crippen MR) is 98.2 cm³/mol. The number of amides is 1. The van der Waals surface area contributed by atoms with E-state index in [0.717, 1.165) is 24.7 Å². The molecule has 2 aromatic carbocycles. The number of rotatable bonds is 3. The van der Waals surface area contributed by atoms with Crippen LogP contribution < -0.4 is 10.6 Å². The first-order valence-corrected chi connectivity index (χ1v) is 8.54. The van der Waals surface area contributed by atoms with Crippen molar-refractivity contribution < 1.29 is 4.79 Å². The Morgan fingerprint density at radius 3 is 2.19 bits per heavy atom. The first-order valence-electron chi connectivity index (χ1n) is 6.16. The van der Waals surface area contributed by atoms with Crippen molar-refractivity contribution in [3.05, 3.63) is 54.9 Å². The van der Waals surface area contributed by atoms with E-state index in [1.807, 2.05) is 44.3 Å². The fourth-order valence-corrected chi connectivity index (χ4v) is 4.37. The SMILES string of the molecule is CNc1ccc(C(=O)Nc2c(Br)cc(Br)cc2Br)c(C)c1. The first kappa shape index (κ1) is 16.5. The lowest BCUT2D eigenvalue weighted by Crippen LogP contribution is -2.14. The van der Waals surface area contributed by atoms with Crippen molar-refractivity contribution in [1.29, 1.82) is 0 Å². The number of nitrogens with one attached hydrogen (secondary N) is 2. The van der Waals surface area contributed by atoms with Gasteiger partial charge in [-0.1, -0.05) is 15.9 Å². The van der Waals surface area contributed by atoms with Crippen molar-refractivity contribution in [3.63, 3.8) is 0 Å². The van der Waals surface area contributed by atoms with Crippen LogP contribution in [0.3, 0.4) is 0 Å². The fraction of sp³-hybridized carbons (Fsp3) is 0.133. The van der Waals surface area contributed by atoms with Crippen molar-refractivity contribution in [2.24, 2.45) is 0 Å². The Labute approximate surface area is 148 Å². The average molecular weight is 477 g/mol. The van der Waals surface area contributed by atoms with E-state index in [9.17, 15) is 4.79 Å². The van der Waals surface area contributed by atoms with Gasteiger partial charge in [0.2, 0.25) is 0 Å². The smallest absolute Gasteiger partial charge is 0.255 e. The van der Waals surface area contributed by atoms with Crippen molar-refractivity contribution in [2.75, 3.05) is 17.7 Å². The highest BCUT2D eigenvalue weighted by atomic mass is 79.9. The molecular weight excluding hydrogens is 464 g/mol. The maximum atomic E-state index is 12.4. The van der Waals surface area contributed by atoms with E-state index in [4.69, 9.17) is 0 Å². The molecule has 0 heterocycles. The van der Waals surface area contributed by atoms with Crippen LogP contribution in [0.1, 0.15) is 15.9 Å². The normalized spacial score (nSPS) is 10.3. The van der Waals surface area contributed by atoms with Gasteiger partial charge in [0, 0.05) is 31.7 Å². The van der Waals surface area contributed by atoms with Crippen molar-refractivity contribution in [1.82, 2.24) is 0 Å². The molecule has 0 atom stereocenters. The highest BCUT2D eigenvalue weighted by Crippen LogP contribution is 2.34. The number of benzene rings is 2. The highest BCUT2D eigenvalue weighted by molar-refractivity contribution is 9.11. The molecule has 0 bridgehead atoms. The summed E-state index contributed by atoms with van der Waals surface area (Å²) in [6, 6.07) is 9.42. The summed E-state index contributed by atoms with van der Waals surface area (Å²) in [5.74, 6) is -0.140. The summed E-state index contributed by atoms with van der Waals surface area (Å²) in [5, 5.41) is 5.98. The number of carbonyl (C=O) groups excluding carboxylic acids is 1. The van der Waals surface area contributed by atoms with Gasteiger partial charge in [-0.25, -0.2) is 0 Å². The minimum atomic E-state index is -0.140. The lowest BCUT2D eigenvalue weighted by atomic mass is 10.1.